The molecule has 1 aliphatic heterocycles. The van der Waals surface area contributed by atoms with E-state index in [1.807, 2.05) is 36.4 Å². The monoisotopic (exact) mass is 402 g/mol. The van der Waals surface area contributed by atoms with Crippen LogP contribution in [0.5, 0.6) is 11.5 Å². The lowest BCUT2D eigenvalue weighted by Gasteiger charge is -2.30. The zero-order valence-corrected chi connectivity index (χ0v) is 16.1. The van der Waals surface area contributed by atoms with Crippen LogP contribution in [0.15, 0.2) is 51.9 Å². The standard InChI is InChI=1S/C20H23BrN2O2/c1-3-4-20-22-17(13-5-8-15(25-2)9-6-13)12-18(23-20)16-11-14(21)7-10-19(16)24/h5-11,18,20,23-24H,3-4,12H2,1-2H3. The van der Waals surface area contributed by atoms with Crippen LogP contribution in [0.4, 0.5) is 0 Å². The predicted octanol–water partition coefficient (Wildman–Crippen LogP) is 4.81. The van der Waals surface area contributed by atoms with Gasteiger partial charge in [0.25, 0.3) is 0 Å². The van der Waals surface area contributed by atoms with E-state index in [0.29, 0.717) is 5.75 Å². The van der Waals surface area contributed by atoms with Crippen molar-refractivity contribution in [2.45, 2.75) is 38.4 Å². The van der Waals surface area contributed by atoms with E-state index in [1.54, 1.807) is 13.2 Å². The maximum atomic E-state index is 10.3. The Hall–Kier alpha value is -1.85. The first-order chi connectivity index (χ1) is 12.1. The summed E-state index contributed by atoms with van der Waals surface area (Å²) in [5.41, 5.74) is 3.06. The Labute approximate surface area is 157 Å². The number of aliphatic imine (C=N–C) groups is 1. The van der Waals surface area contributed by atoms with Crippen molar-refractivity contribution in [3.63, 3.8) is 0 Å². The molecule has 4 nitrogen and oxygen atoms in total. The number of methoxy groups -OCH3 is 1. The summed E-state index contributed by atoms with van der Waals surface area (Å²) >= 11 is 3.50. The van der Waals surface area contributed by atoms with Crippen LogP contribution in [-0.4, -0.2) is 24.1 Å². The fourth-order valence-electron chi connectivity index (χ4n) is 3.16. The zero-order chi connectivity index (χ0) is 17.8. The Kier molecular flexibility index (Phi) is 5.76. The summed E-state index contributed by atoms with van der Waals surface area (Å²) in [6.07, 6.45) is 2.80. The molecule has 1 aliphatic rings. The van der Waals surface area contributed by atoms with Gasteiger partial charge in [0.2, 0.25) is 0 Å². The lowest BCUT2D eigenvalue weighted by atomic mass is 9.94. The third kappa shape index (κ3) is 4.22. The second-order valence-electron chi connectivity index (χ2n) is 6.24. The summed E-state index contributed by atoms with van der Waals surface area (Å²) in [5.74, 6) is 1.15. The normalized spacial score (nSPS) is 20.2. The summed E-state index contributed by atoms with van der Waals surface area (Å²) in [7, 11) is 1.67. The molecule has 2 unspecified atom stereocenters. The van der Waals surface area contributed by atoms with Gasteiger partial charge in [-0.25, -0.2) is 0 Å². The lowest BCUT2D eigenvalue weighted by Crippen LogP contribution is -2.38. The maximum absolute atomic E-state index is 10.3. The SMILES string of the molecule is CCCC1N=C(c2ccc(OC)cc2)CC(c2cc(Br)ccc2O)N1. The van der Waals surface area contributed by atoms with Crippen LogP contribution in [0.25, 0.3) is 0 Å². The predicted molar refractivity (Wildman–Crippen MR) is 105 cm³/mol. The summed E-state index contributed by atoms with van der Waals surface area (Å²) in [4.78, 5) is 4.90. The lowest BCUT2D eigenvalue weighted by molar-refractivity contribution is 0.391. The molecule has 0 radical (unpaired) electrons. The number of halogens is 1. The van der Waals surface area contributed by atoms with Crippen molar-refractivity contribution in [2.24, 2.45) is 4.99 Å². The number of nitrogens with one attached hydrogen (secondary N) is 1. The number of aromatic hydroxyl groups is 1. The van der Waals surface area contributed by atoms with Gasteiger partial charge in [-0.1, -0.05) is 29.3 Å². The molecule has 3 rings (SSSR count). The van der Waals surface area contributed by atoms with Crippen LogP contribution in [-0.2, 0) is 0 Å². The molecule has 132 valence electrons. The van der Waals surface area contributed by atoms with Gasteiger partial charge in [-0.3, -0.25) is 10.3 Å². The third-order valence-electron chi connectivity index (χ3n) is 4.45. The first-order valence-corrected chi connectivity index (χ1v) is 9.35. The van der Waals surface area contributed by atoms with Gasteiger partial charge in [0, 0.05) is 28.2 Å². The summed E-state index contributed by atoms with van der Waals surface area (Å²) in [6.45, 7) is 2.16. The Morgan fingerprint density at radius 2 is 2.00 bits per heavy atom. The minimum atomic E-state index is 0.0312. The number of phenols is 1. The molecule has 5 heteroatoms. The largest absolute Gasteiger partial charge is 0.508 e. The smallest absolute Gasteiger partial charge is 0.120 e. The number of phenolic OH excluding ortho intramolecular Hbond substituents is 1. The minimum Gasteiger partial charge on any atom is -0.508 e. The van der Waals surface area contributed by atoms with E-state index in [9.17, 15) is 5.11 Å². The zero-order valence-electron chi connectivity index (χ0n) is 14.5. The highest BCUT2D eigenvalue weighted by Gasteiger charge is 2.26. The summed E-state index contributed by atoms with van der Waals surface area (Å²) < 4.78 is 6.21. The first kappa shape index (κ1) is 18.0. The van der Waals surface area contributed by atoms with Crippen LogP contribution >= 0.6 is 15.9 Å². The molecular weight excluding hydrogens is 380 g/mol. The van der Waals surface area contributed by atoms with E-state index in [1.165, 1.54) is 0 Å². The van der Waals surface area contributed by atoms with E-state index in [0.717, 1.165) is 46.3 Å². The Balaban J connectivity index is 1.92. The van der Waals surface area contributed by atoms with Crippen LogP contribution < -0.4 is 10.1 Å². The maximum Gasteiger partial charge on any atom is 0.120 e. The molecule has 0 amide bonds. The molecule has 2 atom stereocenters. The van der Waals surface area contributed by atoms with Crippen LogP contribution in [0.3, 0.4) is 0 Å². The highest BCUT2D eigenvalue weighted by molar-refractivity contribution is 9.10. The van der Waals surface area contributed by atoms with Crippen LogP contribution in [0.2, 0.25) is 0 Å². The van der Waals surface area contributed by atoms with Crippen molar-refractivity contribution >= 4 is 21.6 Å². The van der Waals surface area contributed by atoms with Crippen LogP contribution in [0.1, 0.15) is 43.4 Å². The van der Waals surface area contributed by atoms with E-state index in [4.69, 9.17) is 9.73 Å². The molecular formula is C20H23BrN2O2. The summed E-state index contributed by atoms with van der Waals surface area (Å²) in [5, 5.41) is 13.9. The Morgan fingerprint density at radius 3 is 2.68 bits per heavy atom. The van der Waals surface area contributed by atoms with Gasteiger partial charge in [0.05, 0.1) is 7.11 Å². The Morgan fingerprint density at radius 1 is 1.24 bits per heavy atom. The molecule has 0 fully saturated rings. The van der Waals surface area contributed by atoms with Gasteiger partial charge in [-0.15, -0.1) is 0 Å². The number of hydrogen-bond acceptors (Lipinski definition) is 4. The first-order valence-electron chi connectivity index (χ1n) is 8.56. The fourth-order valence-corrected chi connectivity index (χ4v) is 3.54. The van der Waals surface area contributed by atoms with Crippen molar-refractivity contribution < 1.29 is 9.84 Å². The molecule has 2 N–H and O–H groups in total. The molecule has 0 bridgehead atoms. The summed E-state index contributed by atoms with van der Waals surface area (Å²) in [6, 6.07) is 13.6. The number of benzene rings is 2. The molecule has 0 saturated heterocycles. The number of hydrogen-bond donors (Lipinski definition) is 2. The van der Waals surface area contributed by atoms with Crippen molar-refractivity contribution in [1.82, 2.24) is 5.32 Å². The van der Waals surface area contributed by atoms with E-state index < -0.39 is 0 Å². The third-order valence-corrected chi connectivity index (χ3v) is 4.95. The second kappa shape index (κ2) is 8.02. The quantitative estimate of drug-likeness (QED) is 0.753. The van der Waals surface area contributed by atoms with Crippen LogP contribution in [0, 0.1) is 0 Å². The molecule has 25 heavy (non-hydrogen) atoms. The molecule has 0 aromatic heterocycles. The molecule has 2 aromatic carbocycles. The average molecular weight is 403 g/mol. The van der Waals surface area contributed by atoms with Gasteiger partial charge in [0.15, 0.2) is 0 Å². The van der Waals surface area contributed by atoms with Crippen molar-refractivity contribution in [3.8, 4) is 11.5 Å². The van der Waals surface area contributed by atoms with Gasteiger partial charge in [-0.05, 0) is 54.4 Å². The molecule has 1 heterocycles. The van der Waals surface area contributed by atoms with E-state index in [2.05, 4.69) is 28.2 Å². The van der Waals surface area contributed by atoms with Gasteiger partial charge in [0.1, 0.15) is 17.7 Å². The average Bonchev–Trinajstić information content (AvgIpc) is 2.64. The van der Waals surface area contributed by atoms with Gasteiger partial charge in [-0.2, -0.15) is 0 Å². The number of rotatable bonds is 5. The van der Waals surface area contributed by atoms with Crippen molar-refractivity contribution in [3.05, 3.63) is 58.1 Å². The molecule has 0 spiro atoms. The van der Waals surface area contributed by atoms with E-state index >= 15 is 0 Å². The topological polar surface area (TPSA) is 53.9 Å². The second-order valence-corrected chi connectivity index (χ2v) is 7.15. The Bertz CT molecular complexity index is 759. The number of nitrogens with zero attached hydrogens (tertiary/aromatic N) is 1. The van der Waals surface area contributed by atoms with Gasteiger partial charge < -0.3 is 9.84 Å². The van der Waals surface area contributed by atoms with Crippen molar-refractivity contribution in [1.29, 1.82) is 0 Å². The molecule has 0 aliphatic carbocycles. The van der Waals surface area contributed by atoms with Crippen molar-refractivity contribution in [2.75, 3.05) is 7.11 Å². The highest BCUT2D eigenvalue weighted by Crippen LogP contribution is 2.33. The molecule has 2 aromatic rings. The highest BCUT2D eigenvalue weighted by atomic mass is 79.9. The van der Waals surface area contributed by atoms with Gasteiger partial charge >= 0.3 is 0 Å². The minimum absolute atomic E-state index is 0.0312. The van der Waals surface area contributed by atoms with E-state index in [-0.39, 0.29) is 12.2 Å². The number of ether oxygens (including phenoxy) is 1. The fraction of sp³-hybridized carbons (Fsp3) is 0.350. The molecule has 0 saturated carbocycles.